The van der Waals surface area contributed by atoms with Crippen LogP contribution in [0, 0.1) is 0 Å². The first-order valence-corrected chi connectivity index (χ1v) is 8.73. The number of anilines is 1. The Morgan fingerprint density at radius 3 is 2.46 bits per heavy atom. The minimum atomic E-state index is -0.396. The number of amides is 1. The van der Waals surface area contributed by atoms with Crippen molar-refractivity contribution >= 4 is 23.1 Å². The Bertz CT molecular complexity index is 648. The van der Waals surface area contributed by atoms with E-state index in [1.54, 1.807) is 11.9 Å². The minimum Gasteiger partial charge on any atom is -0.346 e. The standard InChI is InChI=1S/C19H25N3O2/c1-14(23)17-13-16(21-22(17)15-9-5-3-6-10-15)18(24)20-19(2)11-7-4-8-12-19/h3,5-6,9-10,17H,4,7-8,11-13H2,1-2H3,(H,20,24)/t17-/m0/s1. The molecular weight excluding hydrogens is 302 g/mol. The number of nitrogens with one attached hydrogen (secondary N) is 1. The summed E-state index contributed by atoms with van der Waals surface area (Å²) >= 11 is 0. The van der Waals surface area contributed by atoms with Crippen LogP contribution in [0.25, 0.3) is 0 Å². The van der Waals surface area contributed by atoms with Crippen molar-refractivity contribution in [3.05, 3.63) is 30.3 Å². The summed E-state index contributed by atoms with van der Waals surface area (Å²) in [6, 6.07) is 9.15. The smallest absolute Gasteiger partial charge is 0.268 e. The number of Topliss-reactive ketones (excluding diaryl/α,β-unsaturated/α-hetero) is 1. The zero-order valence-corrected chi connectivity index (χ0v) is 14.4. The zero-order chi connectivity index (χ0) is 17.2. The lowest BCUT2D eigenvalue weighted by atomic mass is 9.83. The third kappa shape index (κ3) is 3.50. The van der Waals surface area contributed by atoms with E-state index in [0.717, 1.165) is 31.4 Å². The van der Waals surface area contributed by atoms with Crippen molar-refractivity contribution < 1.29 is 9.59 Å². The molecule has 1 atom stereocenters. The van der Waals surface area contributed by atoms with E-state index in [2.05, 4.69) is 17.3 Å². The number of nitrogens with zero attached hydrogens (tertiary/aromatic N) is 2. The Morgan fingerprint density at radius 1 is 1.17 bits per heavy atom. The molecule has 1 saturated carbocycles. The quantitative estimate of drug-likeness (QED) is 0.924. The predicted molar refractivity (Wildman–Crippen MR) is 95.1 cm³/mol. The van der Waals surface area contributed by atoms with E-state index in [1.807, 2.05) is 30.3 Å². The monoisotopic (exact) mass is 327 g/mol. The summed E-state index contributed by atoms with van der Waals surface area (Å²) in [6.07, 6.45) is 5.91. The van der Waals surface area contributed by atoms with Crippen molar-refractivity contribution in [1.29, 1.82) is 0 Å². The van der Waals surface area contributed by atoms with E-state index in [4.69, 9.17) is 0 Å². The Kier molecular flexibility index (Phi) is 4.69. The highest BCUT2D eigenvalue weighted by Gasteiger charge is 2.36. The van der Waals surface area contributed by atoms with Crippen LogP contribution in [0.1, 0.15) is 52.4 Å². The molecule has 24 heavy (non-hydrogen) atoms. The number of rotatable bonds is 4. The van der Waals surface area contributed by atoms with Crippen molar-refractivity contribution in [2.75, 3.05) is 5.01 Å². The van der Waals surface area contributed by atoms with Crippen molar-refractivity contribution in [3.63, 3.8) is 0 Å². The Morgan fingerprint density at radius 2 is 1.83 bits per heavy atom. The van der Waals surface area contributed by atoms with Crippen LogP contribution < -0.4 is 10.3 Å². The van der Waals surface area contributed by atoms with E-state index in [9.17, 15) is 9.59 Å². The lowest BCUT2D eigenvalue weighted by Gasteiger charge is -2.34. The maximum atomic E-state index is 12.7. The molecule has 0 bridgehead atoms. The summed E-state index contributed by atoms with van der Waals surface area (Å²) in [5.74, 6) is -0.113. The van der Waals surface area contributed by atoms with Gasteiger partial charge in [-0.15, -0.1) is 0 Å². The summed E-state index contributed by atoms with van der Waals surface area (Å²) in [5, 5.41) is 9.32. The van der Waals surface area contributed by atoms with Crippen LogP contribution in [0.5, 0.6) is 0 Å². The molecule has 0 spiro atoms. The van der Waals surface area contributed by atoms with Gasteiger partial charge in [0.2, 0.25) is 0 Å². The molecule has 1 aromatic rings. The Labute approximate surface area is 143 Å². The second-order valence-corrected chi connectivity index (χ2v) is 7.13. The number of ketones is 1. The minimum absolute atomic E-state index is 0.0225. The van der Waals surface area contributed by atoms with Crippen LogP contribution in [0.3, 0.4) is 0 Å². The molecule has 5 nitrogen and oxygen atoms in total. The summed E-state index contributed by atoms with van der Waals surface area (Å²) in [7, 11) is 0. The van der Waals surface area contributed by atoms with E-state index in [1.165, 1.54) is 6.42 Å². The van der Waals surface area contributed by atoms with Gasteiger partial charge in [-0.1, -0.05) is 37.5 Å². The number of hydrazone groups is 1. The average molecular weight is 327 g/mol. The second kappa shape index (κ2) is 6.75. The molecule has 128 valence electrons. The maximum Gasteiger partial charge on any atom is 0.268 e. The van der Waals surface area contributed by atoms with E-state index >= 15 is 0 Å². The molecular formula is C19H25N3O2. The van der Waals surface area contributed by atoms with Gasteiger partial charge in [-0.3, -0.25) is 14.6 Å². The molecule has 2 aliphatic rings. The van der Waals surface area contributed by atoms with Gasteiger partial charge in [0.1, 0.15) is 11.8 Å². The van der Waals surface area contributed by atoms with Crippen LogP contribution in [0.15, 0.2) is 35.4 Å². The number of benzene rings is 1. The van der Waals surface area contributed by atoms with E-state index in [-0.39, 0.29) is 17.2 Å². The highest BCUT2D eigenvalue weighted by Crippen LogP contribution is 2.29. The van der Waals surface area contributed by atoms with Crippen molar-refractivity contribution in [3.8, 4) is 0 Å². The molecule has 1 aliphatic heterocycles. The van der Waals surface area contributed by atoms with Crippen LogP contribution in [-0.4, -0.2) is 29.0 Å². The van der Waals surface area contributed by atoms with Gasteiger partial charge >= 0.3 is 0 Å². The molecule has 1 aliphatic carbocycles. The normalized spacial score (nSPS) is 22.8. The molecule has 0 radical (unpaired) electrons. The van der Waals surface area contributed by atoms with Gasteiger partial charge in [0, 0.05) is 12.0 Å². The third-order valence-electron chi connectivity index (χ3n) is 5.03. The molecule has 1 aromatic carbocycles. The average Bonchev–Trinajstić information content (AvgIpc) is 3.02. The number of hydrogen-bond donors (Lipinski definition) is 1. The predicted octanol–water partition coefficient (Wildman–Crippen LogP) is 3.05. The van der Waals surface area contributed by atoms with Gasteiger partial charge < -0.3 is 5.32 Å². The van der Waals surface area contributed by atoms with Gasteiger partial charge in [-0.05, 0) is 38.8 Å². The fourth-order valence-corrected chi connectivity index (χ4v) is 3.59. The van der Waals surface area contributed by atoms with Crippen LogP contribution in [-0.2, 0) is 9.59 Å². The molecule has 0 unspecified atom stereocenters. The summed E-state index contributed by atoms with van der Waals surface area (Å²) < 4.78 is 0. The van der Waals surface area contributed by atoms with Gasteiger partial charge in [-0.2, -0.15) is 5.10 Å². The van der Waals surface area contributed by atoms with Crippen molar-refractivity contribution in [2.24, 2.45) is 5.10 Å². The molecule has 5 heteroatoms. The first-order valence-electron chi connectivity index (χ1n) is 8.73. The fraction of sp³-hybridized carbons (Fsp3) is 0.526. The topological polar surface area (TPSA) is 61.8 Å². The van der Waals surface area contributed by atoms with E-state index < -0.39 is 6.04 Å². The first kappa shape index (κ1) is 16.7. The number of carbonyl (C=O) groups excluding carboxylic acids is 2. The highest BCUT2D eigenvalue weighted by molar-refractivity contribution is 6.40. The fourth-order valence-electron chi connectivity index (χ4n) is 3.59. The Hall–Kier alpha value is -2.17. The molecule has 0 aromatic heterocycles. The third-order valence-corrected chi connectivity index (χ3v) is 5.03. The zero-order valence-electron chi connectivity index (χ0n) is 14.4. The molecule has 1 N–H and O–H groups in total. The largest absolute Gasteiger partial charge is 0.346 e. The second-order valence-electron chi connectivity index (χ2n) is 7.13. The highest BCUT2D eigenvalue weighted by atomic mass is 16.2. The van der Waals surface area contributed by atoms with Crippen LogP contribution in [0.2, 0.25) is 0 Å². The number of carbonyl (C=O) groups is 2. The lowest BCUT2D eigenvalue weighted by Crippen LogP contribution is -2.49. The molecule has 0 saturated heterocycles. The summed E-state index contributed by atoms with van der Waals surface area (Å²) in [4.78, 5) is 24.7. The van der Waals surface area contributed by atoms with Crippen LogP contribution in [0.4, 0.5) is 5.69 Å². The molecule has 1 amide bonds. The lowest BCUT2D eigenvalue weighted by molar-refractivity contribution is -0.118. The Balaban J connectivity index is 1.77. The number of hydrogen-bond acceptors (Lipinski definition) is 4. The van der Waals surface area contributed by atoms with Crippen molar-refractivity contribution in [1.82, 2.24) is 5.32 Å². The molecule has 1 fully saturated rings. The first-order chi connectivity index (χ1) is 11.5. The van der Waals surface area contributed by atoms with Gasteiger partial charge in [0.25, 0.3) is 5.91 Å². The van der Waals surface area contributed by atoms with Gasteiger partial charge in [-0.25, -0.2) is 0 Å². The van der Waals surface area contributed by atoms with Crippen molar-refractivity contribution in [2.45, 2.75) is 64.0 Å². The maximum absolute atomic E-state index is 12.7. The van der Waals surface area contributed by atoms with Gasteiger partial charge in [0.05, 0.1) is 5.69 Å². The summed E-state index contributed by atoms with van der Waals surface area (Å²) in [5.41, 5.74) is 1.14. The molecule has 1 heterocycles. The SMILES string of the molecule is CC(=O)[C@@H]1CC(C(=O)NC2(C)CCCCC2)=NN1c1ccccc1. The van der Waals surface area contributed by atoms with E-state index in [0.29, 0.717) is 12.1 Å². The number of para-hydroxylation sites is 1. The summed E-state index contributed by atoms with van der Waals surface area (Å²) in [6.45, 7) is 3.66. The van der Waals surface area contributed by atoms with Gasteiger partial charge in [0.15, 0.2) is 5.78 Å². The van der Waals surface area contributed by atoms with Crippen LogP contribution >= 0.6 is 0 Å². The molecule has 3 rings (SSSR count).